The maximum atomic E-state index is 12.1. The van der Waals surface area contributed by atoms with Crippen molar-refractivity contribution in [3.63, 3.8) is 0 Å². The molecule has 3 nitrogen and oxygen atoms in total. The van der Waals surface area contributed by atoms with Crippen molar-refractivity contribution in [1.29, 1.82) is 0 Å². The molecular formula is C16H32N2O. The van der Waals surface area contributed by atoms with Crippen LogP contribution in [0.1, 0.15) is 65.7 Å². The zero-order valence-electron chi connectivity index (χ0n) is 13.0. The number of hydrogen-bond acceptors (Lipinski definition) is 2. The number of amides is 1. The van der Waals surface area contributed by atoms with Crippen molar-refractivity contribution in [3.05, 3.63) is 0 Å². The van der Waals surface area contributed by atoms with Gasteiger partial charge in [-0.3, -0.25) is 4.79 Å². The lowest BCUT2D eigenvalue weighted by Crippen LogP contribution is -2.38. The predicted molar refractivity (Wildman–Crippen MR) is 80.8 cm³/mol. The Morgan fingerprint density at radius 2 is 1.68 bits per heavy atom. The van der Waals surface area contributed by atoms with Gasteiger partial charge in [-0.2, -0.15) is 0 Å². The van der Waals surface area contributed by atoms with E-state index in [1.54, 1.807) is 0 Å². The fraction of sp³-hybridized carbons (Fsp3) is 0.938. The molecule has 3 heteroatoms. The zero-order valence-corrected chi connectivity index (χ0v) is 13.0. The summed E-state index contributed by atoms with van der Waals surface area (Å²) in [5.41, 5.74) is 5.70. The highest BCUT2D eigenvalue weighted by molar-refractivity contribution is 5.76. The van der Waals surface area contributed by atoms with E-state index in [9.17, 15) is 4.79 Å². The fourth-order valence-corrected chi connectivity index (χ4v) is 3.36. The number of nitrogens with two attached hydrogens (primary N) is 1. The van der Waals surface area contributed by atoms with Crippen molar-refractivity contribution < 1.29 is 4.79 Å². The third kappa shape index (κ3) is 5.52. The Kier molecular flexibility index (Phi) is 7.44. The zero-order chi connectivity index (χ0) is 14.3. The van der Waals surface area contributed by atoms with Gasteiger partial charge < -0.3 is 11.1 Å². The van der Waals surface area contributed by atoms with E-state index in [-0.39, 0.29) is 5.91 Å². The van der Waals surface area contributed by atoms with E-state index >= 15 is 0 Å². The lowest BCUT2D eigenvalue weighted by molar-refractivity contribution is -0.123. The van der Waals surface area contributed by atoms with Gasteiger partial charge >= 0.3 is 0 Å². The van der Waals surface area contributed by atoms with E-state index in [0.717, 1.165) is 19.4 Å². The highest BCUT2D eigenvalue weighted by Gasteiger charge is 2.23. The first-order valence-corrected chi connectivity index (χ1v) is 8.10. The standard InChI is InChI=1S/C16H32N2O/c1-4-15(5-2)12(3)18-16(19)10-13-6-8-14(11-17)9-7-13/h12-15H,4-11,17H2,1-3H3,(H,18,19). The summed E-state index contributed by atoms with van der Waals surface area (Å²) in [6.07, 6.45) is 7.75. The van der Waals surface area contributed by atoms with Crippen molar-refractivity contribution in [2.45, 2.75) is 71.8 Å². The van der Waals surface area contributed by atoms with Crippen LogP contribution in [-0.2, 0) is 4.79 Å². The number of rotatable bonds is 7. The van der Waals surface area contributed by atoms with Crippen LogP contribution in [0.5, 0.6) is 0 Å². The van der Waals surface area contributed by atoms with Crippen LogP contribution >= 0.6 is 0 Å². The largest absolute Gasteiger partial charge is 0.353 e. The Morgan fingerprint density at radius 1 is 1.16 bits per heavy atom. The number of carbonyl (C=O) groups excluding carboxylic acids is 1. The van der Waals surface area contributed by atoms with Gasteiger partial charge in [-0.1, -0.05) is 26.7 Å². The smallest absolute Gasteiger partial charge is 0.220 e. The molecule has 0 aliphatic heterocycles. The maximum Gasteiger partial charge on any atom is 0.220 e. The minimum Gasteiger partial charge on any atom is -0.353 e. The second-order valence-electron chi connectivity index (χ2n) is 6.26. The van der Waals surface area contributed by atoms with Crippen molar-refractivity contribution in [3.8, 4) is 0 Å². The third-order valence-electron chi connectivity index (χ3n) is 4.92. The van der Waals surface area contributed by atoms with E-state index < -0.39 is 0 Å². The van der Waals surface area contributed by atoms with Gasteiger partial charge in [0.1, 0.15) is 0 Å². The number of hydrogen-bond donors (Lipinski definition) is 2. The fourth-order valence-electron chi connectivity index (χ4n) is 3.36. The molecule has 1 saturated carbocycles. The molecule has 0 bridgehead atoms. The number of carbonyl (C=O) groups is 1. The Hall–Kier alpha value is -0.570. The lowest BCUT2D eigenvalue weighted by Gasteiger charge is -2.28. The molecule has 1 aliphatic rings. The Bertz CT molecular complexity index is 255. The molecule has 0 heterocycles. The molecule has 3 N–H and O–H groups in total. The highest BCUT2D eigenvalue weighted by atomic mass is 16.1. The van der Waals surface area contributed by atoms with E-state index in [1.807, 2.05) is 0 Å². The van der Waals surface area contributed by atoms with Crippen molar-refractivity contribution in [1.82, 2.24) is 5.32 Å². The summed E-state index contributed by atoms with van der Waals surface area (Å²) in [7, 11) is 0. The van der Waals surface area contributed by atoms with Gasteiger partial charge in [0.25, 0.3) is 0 Å². The first-order valence-electron chi connectivity index (χ1n) is 8.10. The quantitative estimate of drug-likeness (QED) is 0.745. The van der Waals surface area contributed by atoms with E-state index in [2.05, 4.69) is 26.1 Å². The SMILES string of the molecule is CCC(CC)C(C)NC(=O)CC1CCC(CN)CC1. The molecule has 0 aromatic carbocycles. The highest BCUT2D eigenvalue weighted by Crippen LogP contribution is 2.30. The molecule has 112 valence electrons. The summed E-state index contributed by atoms with van der Waals surface area (Å²) in [6, 6.07) is 0.308. The van der Waals surface area contributed by atoms with Crippen molar-refractivity contribution in [2.75, 3.05) is 6.54 Å². The van der Waals surface area contributed by atoms with Gasteiger partial charge in [-0.25, -0.2) is 0 Å². The second-order valence-corrected chi connectivity index (χ2v) is 6.26. The van der Waals surface area contributed by atoms with E-state index in [4.69, 9.17) is 5.73 Å². The molecule has 1 unspecified atom stereocenters. The normalized spacial score (nSPS) is 25.3. The summed E-state index contributed by atoms with van der Waals surface area (Å²) in [4.78, 5) is 12.1. The van der Waals surface area contributed by atoms with Crippen molar-refractivity contribution >= 4 is 5.91 Å². The van der Waals surface area contributed by atoms with E-state index in [0.29, 0.717) is 30.2 Å². The first kappa shape index (κ1) is 16.5. The molecular weight excluding hydrogens is 236 g/mol. The van der Waals surface area contributed by atoms with Crippen LogP contribution in [-0.4, -0.2) is 18.5 Å². The van der Waals surface area contributed by atoms with Crippen LogP contribution in [0.4, 0.5) is 0 Å². The summed E-state index contributed by atoms with van der Waals surface area (Å²) in [5.74, 6) is 2.13. The van der Waals surface area contributed by atoms with Gasteiger partial charge in [0.05, 0.1) is 0 Å². The molecule has 1 fully saturated rings. The molecule has 1 amide bonds. The van der Waals surface area contributed by atoms with Crippen LogP contribution in [0.15, 0.2) is 0 Å². The minimum absolute atomic E-state index is 0.246. The monoisotopic (exact) mass is 268 g/mol. The van der Waals surface area contributed by atoms with Gasteiger partial charge in [0.2, 0.25) is 5.91 Å². The Morgan fingerprint density at radius 3 is 2.16 bits per heavy atom. The molecule has 0 aromatic rings. The number of nitrogens with one attached hydrogen (secondary N) is 1. The van der Waals surface area contributed by atoms with Crippen LogP contribution in [0.25, 0.3) is 0 Å². The van der Waals surface area contributed by atoms with Gasteiger partial charge in [0, 0.05) is 12.5 Å². The van der Waals surface area contributed by atoms with Crippen LogP contribution in [0.3, 0.4) is 0 Å². The van der Waals surface area contributed by atoms with Crippen molar-refractivity contribution in [2.24, 2.45) is 23.5 Å². The summed E-state index contributed by atoms with van der Waals surface area (Å²) >= 11 is 0. The molecule has 0 saturated heterocycles. The van der Waals surface area contributed by atoms with Crippen LogP contribution in [0.2, 0.25) is 0 Å². The molecule has 0 spiro atoms. The van der Waals surface area contributed by atoms with Gasteiger partial charge in [-0.15, -0.1) is 0 Å². The summed E-state index contributed by atoms with van der Waals surface area (Å²) < 4.78 is 0. The van der Waals surface area contributed by atoms with E-state index in [1.165, 1.54) is 25.7 Å². The average molecular weight is 268 g/mol. The molecule has 1 atom stereocenters. The Balaban J connectivity index is 2.28. The Labute approximate surface area is 118 Å². The molecule has 1 rings (SSSR count). The van der Waals surface area contributed by atoms with Gasteiger partial charge in [-0.05, 0) is 56.9 Å². The minimum atomic E-state index is 0.246. The predicted octanol–water partition coefficient (Wildman–Crippen LogP) is 3.08. The lowest BCUT2D eigenvalue weighted by atomic mass is 9.80. The topological polar surface area (TPSA) is 55.1 Å². The van der Waals surface area contributed by atoms with Gasteiger partial charge in [0.15, 0.2) is 0 Å². The third-order valence-corrected chi connectivity index (χ3v) is 4.92. The van der Waals surface area contributed by atoms with Crippen LogP contribution in [0, 0.1) is 17.8 Å². The molecule has 0 radical (unpaired) electrons. The maximum absolute atomic E-state index is 12.1. The first-order chi connectivity index (χ1) is 9.10. The summed E-state index contributed by atoms with van der Waals surface area (Å²) in [6.45, 7) is 7.35. The average Bonchev–Trinajstić information content (AvgIpc) is 2.40. The van der Waals surface area contributed by atoms with Crippen LogP contribution < -0.4 is 11.1 Å². The summed E-state index contributed by atoms with van der Waals surface area (Å²) in [5, 5.41) is 3.19. The molecule has 0 aromatic heterocycles. The second kappa shape index (κ2) is 8.57. The molecule has 19 heavy (non-hydrogen) atoms. The molecule has 1 aliphatic carbocycles.